The number of hydrogen-bond acceptors (Lipinski definition) is 5. The van der Waals surface area contributed by atoms with Crippen LogP contribution in [-0.4, -0.2) is 53.5 Å². The molecule has 1 aromatic carbocycles. The maximum absolute atomic E-state index is 12.5. The third-order valence-electron chi connectivity index (χ3n) is 3.64. The first-order valence-electron chi connectivity index (χ1n) is 8.12. The van der Waals surface area contributed by atoms with Gasteiger partial charge in [0.05, 0.1) is 16.3 Å². The van der Waals surface area contributed by atoms with Gasteiger partial charge in [0.1, 0.15) is 5.57 Å². The molecule has 1 aliphatic heterocycles. The van der Waals surface area contributed by atoms with E-state index in [0.717, 1.165) is 3.57 Å². The van der Waals surface area contributed by atoms with E-state index in [1.807, 2.05) is 26.8 Å². The number of rotatable bonds is 5. The lowest BCUT2D eigenvalue weighted by molar-refractivity contribution is -0.132. The molecule has 0 spiro atoms. The number of likely N-dealkylation sites (N-methyl/N-ethyl adjacent to an activating group) is 2. The van der Waals surface area contributed by atoms with E-state index in [1.165, 1.54) is 9.80 Å². The Bertz CT molecular complexity index is 766. The Labute approximate surface area is 172 Å². The minimum atomic E-state index is -0.423. The van der Waals surface area contributed by atoms with E-state index in [2.05, 4.69) is 22.6 Å². The van der Waals surface area contributed by atoms with Crippen molar-refractivity contribution in [3.8, 4) is 11.5 Å². The predicted octanol–water partition coefficient (Wildman–Crippen LogP) is 3.08. The summed E-state index contributed by atoms with van der Waals surface area (Å²) in [5.74, 6) is 0.386. The van der Waals surface area contributed by atoms with Crippen LogP contribution >= 0.6 is 34.8 Å². The smallest absolute Gasteiger partial charge is 0.265 e. The van der Waals surface area contributed by atoms with Crippen LogP contribution in [0.15, 0.2) is 17.7 Å². The zero-order chi connectivity index (χ0) is 19.6. The van der Waals surface area contributed by atoms with Crippen molar-refractivity contribution in [1.82, 2.24) is 9.80 Å². The summed E-state index contributed by atoms with van der Waals surface area (Å²) < 4.78 is 12.4. The summed E-state index contributed by atoms with van der Waals surface area (Å²) in [4.78, 5) is 27.5. The molecule has 0 saturated carbocycles. The lowest BCUT2D eigenvalue weighted by Gasteiger charge is -2.31. The second-order valence-electron chi connectivity index (χ2n) is 6.00. The molecule has 1 aliphatic rings. The van der Waals surface area contributed by atoms with Gasteiger partial charge in [-0.05, 0) is 79.4 Å². The van der Waals surface area contributed by atoms with Crippen LogP contribution in [-0.2, 0) is 9.59 Å². The molecule has 6 nitrogen and oxygen atoms in total. The molecule has 2 rings (SSSR count). The van der Waals surface area contributed by atoms with E-state index < -0.39 is 11.8 Å². The Morgan fingerprint density at radius 2 is 1.77 bits per heavy atom. The highest BCUT2D eigenvalue weighted by atomic mass is 127. The van der Waals surface area contributed by atoms with Gasteiger partial charge >= 0.3 is 0 Å². The van der Waals surface area contributed by atoms with Gasteiger partial charge in [-0.3, -0.25) is 19.4 Å². The molecule has 0 aromatic heterocycles. The Balaban J connectivity index is 2.51. The number of hydrogen-bond donors (Lipinski definition) is 0. The molecular formula is C18H21IN2O4S. The fourth-order valence-electron chi connectivity index (χ4n) is 2.43. The molecule has 0 bridgehead atoms. The van der Waals surface area contributed by atoms with Gasteiger partial charge in [0.2, 0.25) is 0 Å². The highest BCUT2D eigenvalue weighted by molar-refractivity contribution is 14.1. The monoisotopic (exact) mass is 488 g/mol. The van der Waals surface area contributed by atoms with E-state index >= 15 is 0 Å². The number of halogens is 1. The number of benzene rings is 1. The quantitative estimate of drug-likeness (QED) is 0.276. The van der Waals surface area contributed by atoms with Crippen molar-refractivity contribution in [2.45, 2.75) is 26.9 Å². The number of carbonyl (C=O) groups excluding carboxylic acids is 2. The number of thiocarbonyl (C=S) groups is 1. The fourth-order valence-corrected chi connectivity index (χ4v) is 3.34. The summed E-state index contributed by atoms with van der Waals surface area (Å²) in [7, 11) is 3.10. The van der Waals surface area contributed by atoms with Crippen molar-refractivity contribution in [2.75, 3.05) is 20.7 Å². The Kier molecular flexibility index (Phi) is 6.62. The second kappa shape index (κ2) is 8.34. The van der Waals surface area contributed by atoms with Gasteiger partial charge in [0.25, 0.3) is 11.8 Å². The van der Waals surface area contributed by atoms with Crippen molar-refractivity contribution in [3.63, 3.8) is 0 Å². The Hall–Kier alpha value is -1.68. The van der Waals surface area contributed by atoms with Crippen molar-refractivity contribution >= 4 is 57.8 Å². The van der Waals surface area contributed by atoms with E-state index in [9.17, 15) is 9.59 Å². The fraction of sp³-hybridized carbons (Fsp3) is 0.389. The van der Waals surface area contributed by atoms with E-state index in [-0.39, 0.29) is 16.8 Å². The molecule has 0 radical (unpaired) electrons. The number of amides is 2. The number of carbonyl (C=O) groups is 2. The Morgan fingerprint density at radius 1 is 1.19 bits per heavy atom. The average molecular weight is 488 g/mol. The van der Waals surface area contributed by atoms with Crippen LogP contribution in [0.4, 0.5) is 0 Å². The highest BCUT2D eigenvalue weighted by Crippen LogP contribution is 2.36. The van der Waals surface area contributed by atoms with Crippen molar-refractivity contribution in [3.05, 3.63) is 26.8 Å². The molecule has 0 N–H and O–H groups in total. The zero-order valence-corrected chi connectivity index (χ0v) is 18.3. The highest BCUT2D eigenvalue weighted by Gasteiger charge is 2.35. The average Bonchev–Trinajstić information content (AvgIpc) is 2.58. The number of nitrogens with zero attached hydrogens (tertiary/aromatic N) is 2. The summed E-state index contributed by atoms with van der Waals surface area (Å²) in [6.45, 7) is 6.24. The van der Waals surface area contributed by atoms with Gasteiger partial charge in [0.15, 0.2) is 16.6 Å². The summed E-state index contributed by atoms with van der Waals surface area (Å²) >= 11 is 7.26. The summed E-state index contributed by atoms with van der Waals surface area (Å²) in [5.41, 5.74) is 0.736. The van der Waals surface area contributed by atoms with E-state index in [1.54, 1.807) is 26.2 Å². The molecule has 2 amide bonds. The van der Waals surface area contributed by atoms with E-state index in [4.69, 9.17) is 21.7 Å². The van der Waals surface area contributed by atoms with Crippen LogP contribution in [0.1, 0.15) is 26.3 Å². The minimum Gasteiger partial charge on any atom is -0.490 e. The van der Waals surface area contributed by atoms with E-state index in [0.29, 0.717) is 23.7 Å². The Morgan fingerprint density at radius 3 is 2.27 bits per heavy atom. The molecule has 140 valence electrons. The number of ether oxygens (including phenoxy) is 2. The third-order valence-corrected chi connectivity index (χ3v) is 4.99. The molecule has 1 fully saturated rings. The van der Waals surface area contributed by atoms with Crippen molar-refractivity contribution in [1.29, 1.82) is 0 Å². The molecule has 1 aromatic rings. The van der Waals surface area contributed by atoms with Crippen LogP contribution in [0.3, 0.4) is 0 Å². The molecule has 26 heavy (non-hydrogen) atoms. The zero-order valence-electron chi connectivity index (χ0n) is 15.3. The van der Waals surface area contributed by atoms with Gasteiger partial charge in [0, 0.05) is 14.1 Å². The topological polar surface area (TPSA) is 59.1 Å². The second-order valence-corrected chi connectivity index (χ2v) is 7.53. The first-order chi connectivity index (χ1) is 12.2. The van der Waals surface area contributed by atoms with Crippen LogP contribution in [0.25, 0.3) is 6.08 Å². The van der Waals surface area contributed by atoms with Crippen molar-refractivity contribution < 1.29 is 19.1 Å². The van der Waals surface area contributed by atoms with Gasteiger partial charge in [-0.15, -0.1) is 0 Å². The predicted molar refractivity (Wildman–Crippen MR) is 112 cm³/mol. The molecule has 1 saturated heterocycles. The normalized spacial score (nSPS) is 15.0. The van der Waals surface area contributed by atoms with Crippen LogP contribution in [0.5, 0.6) is 11.5 Å². The van der Waals surface area contributed by atoms with Gasteiger partial charge in [-0.1, -0.05) is 0 Å². The van der Waals surface area contributed by atoms with Gasteiger partial charge < -0.3 is 9.47 Å². The van der Waals surface area contributed by atoms with Crippen LogP contribution < -0.4 is 9.47 Å². The summed E-state index contributed by atoms with van der Waals surface area (Å²) in [5, 5.41) is 0.183. The summed E-state index contributed by atoms with van der Waals surface area (Å²) in [6.07, 6.45) is 1.56. The first-order valence-corrected chi connectivity index (χ1v) is 9.60. The molecule has 0 atom stereocenters. The standard InChI is InChI=1S/C18H21IN2O4S/c1-6-24-14-9-11(8-13(19)15(14)25-10(2)3)7-12-16(22)20(4)18(26)21(5)17(12)23/h7-10H,6H2,1-5H3. The summed E-state index contributed by atoms with van der Waals surface area (Å²) in [6, 6.07) is 3.62. The largest absolute Gasteiger partial charge is 0.490 e. The molecule has 8 heteroatoms. The first kappa shape index (κ1) is 20.6. The van der Waals surface area contributed by atoms with Gasteiger partial charge in [-0.25, -0.2) is 0 Å². The van der Waals surface area contributed by atoms with Crippen LogP contribution in [0, 0.1) is 3.57 Å². The third kappa shape index (κ3) is 4.17. The molecule has 0 unspecified atom stereocenters. The minimum absolute atomic E-state index is 0.00302. The lowest BCUT2D eigenvalue weighted by atomic mass is 10.1. The molecule has 0 aliphatic carbocycles. The molecule has 1 heterocycles. The molecular weight excluding hydrogens is 467 g/mol. The maximum atomic E-state index is 12.5. The lowest BCUT2D eigenvalue weighted by Crippen LogP contribution is -2.52. The SMILES string of the molecule is CCOc1cc(C=C2C(=O)N(C)C(=S)N(C)C2=O)cc(I)c1OC(C)C. The van der Waals surface area contributed by atoms with Crippen molar-refractivity contribution in [2.24, 2.45) is 0 Å². The van der Waals surface area contributed by atoms with Gasteiger partial charge in [-0.2, -0.15) is 0 Å². The van der Waals surface area contributed by atoms with Crippen LogP contribution in [0.2, 0.25) is 0 Å². The maximum Gasteiger partial charge on any atom is 0.265 e.